The van der Waals surface area contributed by atoms with E-state index in [1.807, 2.05) is 4.72 Å². The number of carbonyl (C=O) groups is 1. The predicted octanol–water partition coefficient (Wildman–Crippen LogP) is 3.27. The van der Waals surface area contributed by atoms with Crippen LogP contribution in [-0.2, 0) is 14.8 Å². The summed E-state index contributed by atoms with van der Waals surface area (Å²) >= 11 is 11.7. The fraction of sp³-hybridized carbons (Fsp3) is 0.0667. The van der Waals surface area contributed by atoms with Crippen molar-refractivity contribution < 1.29 is 18.3 Å². The highest BCUT2D eigenvalue weighted by atomic mass is 35.5. The average molecular weight is 387 g/mol. The van der Waals surface area contributed by atoms with Gasteiger partial charge in [0.05, 0.1) is 15.6 Å². The highest BCUT2D eigenvalue weighted by Gasteiger charge is 2.14. The summed E-state index contributed by atoms with van der Waals surface area (Å²) in [5, 5.41) is 10.3. The van der Waals surface area contributed by atoms with Crippen molar-refractivity contribution in [2.45, 2.75) is 11.8 Å². The lowest BCUT2D eigenvalue weighted by molar-refractivity contribution is -0.117. The number of carbonyl (C=O) groups excluding carboxylic acids is 1. The Morgan fingerprint density at radius 2 is 1.83 bits per heavy atom. The molecule has 0 aliphatic rings. The minimum atomic E-state index is -3.89. The molecule has 0 heterocycles. The monoisotopic (exact) mass is 386 g/mol. The Kier molecular flexibility index (Phi) is 5.48. The molecule has 0 atom stereocenters. The molecule has 0 saturated carbocycles. The van der Waals surface area contributed by atoms with Crippen molar-refractivity contribution in [2.24, 2.45) is 4.99 Å². The molecule has 0 unspecified atom stereocenters. The van der Waals surface area contributed by atoms with E-state index < -0.39 is 15.9 Å². The molecule has 0 saturated heterocycles. The number of halogens is 2. The number of phenols is 1. The van der Waals surface area contributed by atoms with Crippen LogP contribution in [0.5, 0.6) is 5.75 Å². The molecule has 6 nitrogen and oxygen atoms in total. The van der Waals surface area contributed by atoms with E-state index in [1.165, 1.54) is 42.6 Å². The maximum Gasteiger partial charge on any atom is 0.264 e. The summed E-state index contributed by atoms with van der Waals surface area (Å²) in [6.45, 7) is 1.11. The number of rotatable bonds is 4. The highest BCUT2D eigenvalue weighted by molar-refractivity contribution is 7.90. The molecule has 0 aromatic heterocycles. The van der Waals surface area contributed by atoms with E-state index in [0.717, 1.165) is 6.92 Å². The van der Waals surface area contributed by atoms with Crippen molar-refractivity contribution >= 4 is 51.0 Å². The molecule has 0 fully saturated rings. The van der Waals surface area contributed by atoms with Gasteiger partial charge in [0, 0.05) is 23.7 Å². The van der Waals surface area contributed by atoms with Gasteiger partial charge in [-0.25, -0.2) is 13.1 Å². The second kappa shape index (κ2) is 7.21. The Labute approximate surface area is 148 Å². The van der Waals surface area contributed by atoms with Gasteiger partial charge in [-0.05, 0) is 36.4 Å². The van der Waals surface area contributed by atoms with Crippen LogP contribution < -0.4 is 4.72 Å². The van der Waals surface area contributed by atoms with Gasteiger partial charge in [-0.2, -0.15) is 0 Å². The summed E-state index contributed by atoms with van der Waals surface area (Å²) in [5.41, 5.74) is 0.759. The zero-order valence-corrected chi connectivity index (χ0v) is 14.7. The molecule has 0 bridgehead atoms. The number of amides is 1. The first-order valence-electron chi connectivity index (χ1n) is 6.54. The van der Waals surface area contributed by atoms with Gasteiger partial charge in [0.25, 0.3) is 10.0 Å². The molecule has 24 heavy (non-hydrogen) atoms. The predicted molar refractivity (Wildman–Crippen MR) is 92.8 cm³/mol. The second-order valence-electron chi connectivity index (χ2n) is 4.74. The quantitative estimate of drug-likeness (QED) is 0.787. The molecule has 9 heteroatoms. The molecule has 0 aliphatic carbocycles. The minimum Gasteiger partial charge on any atom is -0.506 e. The van der Waals surface area contributed by atoms with Crippen LogP contribution in [0.25, 0.3) is 0 Å². The number of benzene rings is 2. The van der Waals surface area contributed by atoms with Crippen LogP contribution in [0.3, 0.4) is 0 Å². The number of aromatic hydroxyl groups is 1. The summed E-state index contributed by atoms with van der Waals surface area (Å²) < 4.78 is 25.5. The molecule has 2 aromatic carbocycles. The van der Waals surface area contributed by atoms with Gasteiger partial charge in [0.2, 0.25) is 5.91 Å². The van der Waals surface area contributed by atoms with E-state index in [9.17, 15) is 18.3 Å². The number of nitrogens with zero attached hydrogens (tertiary/aromatic N) is 1. The average Bonchev–Trinajstić information content (AvgIpc) is 2.48. The smallest absolute Gasteiger partial charge is 0.264 e. The van der Waals surface area contributed by atoms with Gasteiger partial charge in [-0.1, -0.05) is 23.2 Å². The number of phenolic OH excluding ortho intramolecular Hbond substituents is 1. The second-order valence-corrected chi connectivity index (χ2v) is 7.27. The van der Waals surface area contributed by atoms with Gasteiger partial charge >= 0.3 is 0 Å². The zero-order valence-electron chi connectivity index (χ0n) is 12.3. The van der Waals surface area contributed by atoms with E-state index in [4.69, 9.17) is 23.2 Å². The number of sulfonamides is 1. The molecule has 2 rings (SSSR count). The van der Waals surface area contributed by atoms with Crippen molar-refractivity contribution in [3.63, 3.8) is 0 Å². The first-order chi connectivity index (χ1) is 11.2. The van der Waals surface area contributed by atoms with Crippen LogP contribution in [0, 0.1) is 0 Å². The number of nitrogens with one attached hydrogen (secondary N) is 1. The van der Waals surface area contributed by atoms with Gasteiger partial charge < -0.3 is 5.11 Å². The molecule has 0 spiro atoms. The van der Waals surface area contributed by atoms with Crippen molar-refractivity contribution in [1.82, 2.24) is 4.72 Å². The molecular formula is C15H12Cl2N2O4S. The summed E-state index contributed by atoms with van der Waals surface area (Å²) in [5.74, 6) is -0.833. The Morgan fingerprint density at radius 1 is 1.21 bits per heavy atom. The Bertz CT molecular complexity index is 910. The lowest BCUT2D eigenvalue weighted by atomic mass is 10.2. The Hall–Kier alpha value is -2.09. The van der Waals surface area contributed by atoms with Gasteiger partial charge in [0.15, 0.2) is 0 Å². The first-order valence-corrected chi connectivity index (χ1v) is 8.78. The molecule has 0 radical (unpaired) electrons. The number of hydrogen-bond acceptors (Lipinski definition) is 5. The van der Waals surface area contributed by atoms with Crippen molar-refractivity contribution in [3.05, 3.63) is 52.0 Å². The van der Waals surface area contributed by atoms with E-state index >= 15 is 0 Å². The fourth-order valence-corrected chi connectivity index (χ4v) is 3.29. The third-order valence-electron chi connectivity index (χ3n) is 2.84. The zero-order chi connectivity index (χ0) is 17.9. The van der Waals surface area contributed by atoms with Crippen LogP contribution in [-0.4, -0.2) is 25.6 Å². The van der Waals surface area contributed by atoms with Crippen LogP contribution >= 0.6 is 23.2 Å². The largest absolute Gasteiger partial charge is 0.506 e. The van der Waals surface area contributed by atoms with Gasteiger partial charge in [-0.15, -0.1) is 0 Å². The normalized spacial score (nSPS) is 11.6. The third-order valence-corrected chi connectivity index (χ3v) is 4.79. The lowest BCUT2D eigenvalue weighted by Gasteiger charge is -2.05. The van der Waals surface area contributed by atoms with Crippen molar-refractivity contribution in [2.75, 3.05) is 0 Å². The van der Waals surface area contributed by atoms with Crippen LogP contribution in [0.15, 0.2) is 46.3 Å². The molecule has 2 aromatic rings. The van der Waals surface area contributed by atoms with Crippen LogP contribution in [0.1, 0.15) is 12.5 Å². The van der Waals surface area contributed by atoms with E-state index in [1.54, 1.807) is 0 Å². The van der Waals surface area contributed by atoms with E-state index in [-0.39, 0.29) is 15.7 Å². The summed E-state index contributed by atoms with van der Waals surface area (Å²) in [6, 6.07) is 8.41. The third kappa shape index (κ3) is 4.47. The first kappa shape index (κ1) is 18.3. The molecule has 126 valence electrons. The minimum absolute atomic E-state index is 0.0645. The highest BCUT2D eigenvalue weighted by Crippen LogP contribution is 2.30. The summed E-state index contributed by atoms with van der Waals surface area (Å²) in [4.78, 5) is 14.9. The Morgan fingerprint density at radius 3 is 2.42 bits per heavy atom. The number of aliphatic imine (C=N–C) groups is 1. The van der Waals surface area contributed by atoms with Crippen LogP contribution in [0.2, 0.25) is 10.0 Å². The summed E-state index contributed by atoms with van der Waals surface area (Å²) in [6.07, 6.45) is 1.35. The molecular weight excluding hydrogens is 375 g/mol. The Balaban J connectivity index is 2.25. The maximum absolute atomic E-state index is 11.8. The summed E-state index contributed by atoms with van der Waals surface area (Å²) in [7, 11) is -3.89. The number of hydrogen-bond donors (Lipinski definition) is 2. The SMILES string of the molecule is CC(=O)NS(=O)(=O)c1ccc(N=Cc2cc(Cl)cc(Cl)c2O)cc1. The van der Waals surface area contributed by atoms with Gasteiger partial charge in [-0.3, -0.25) is 9.79 Å². The van der Waals surface area contributed by atoms with Crippen molar-refractivity contribution in [1.29, 1.82) is 0 Å². The maximum atomic E-state index is 11.8. The molecule has 0 aliphatic heterocycles. The van der Waals surface area contributed by atoms with E-state index in [0.29, 0.717) is 16.3 Å². The van der Waals surface area contributed by atoms with Crippen molar-refractivity contribution in [3.8, 4) is 5.75 Å². The van der Waals surface area contributed by atoms with Gasteiger partial charge in [0.1, 0.15) is 5.75 Å². The molecule has 2 N–H and O–H groups in total. The standard InChI is InChI=1S/C15H12Cl2N2O4S/c1-9(20)19-24(22,23)13-4-2-12(3-5-13)18-8-10-6-11(16)7-14(17)15(10)21/h2-8,21H,1H3,(H,19,20). The topological polar surface area (TPSA) is 95.8 Å². The lowest BCUT2D eigenvalue weighted by Crippen LogP contribution is -2.28. The molecule has 1 amide bonds. The van der Waals surface area contributed by atoms with E-state index in [2.05, 4.69) is 4.99 Å². The fourth-order valence-electron chi connectivity index (χ4n) is 1.79. The van der Waals surface area contributed by atoms with Crippen LogP contribution in [0.4, 0.5) is 5.69 Å².